The Morgan fingerprint density at radius 3 is 2.71 bits per heavy atom. The summed E-state index contributed by atoms with van der Waals surface area (Å²) in [4.78, 5) is 34.5. The van der Waals surface area contributed by atoms with E-state index < -0.39 is 18.0 Å². The van der Waals surface area contributed by atoms with E-state index in [0.717, 1.165) is 25.7 Å². The molecule has 1 aromatic heterocycles. The van der Waals surface area contributed by atoms with Crippen LogP contribution in [0.1, 0.15) is 67.4 Å². The molecular formula is C30H36FN3O4. The third-order valence-electron chi connectivity index (χ3n) is 7.52. The largest absolute Gasteiger partial charge is 0.472 e. The SMILES string of the molecule is C[C@H]1CN([C@@H](C)CO)C(=O)c2cc(C#Cc3ccccc3F)cnc2O[C@@H]1CN(C)C(=O)C1CCCCC1. The van der Waals surface area contributed by atoms with Crippen molar-refractivity contribution in [3.05, 3.63) is 59.0 Å². The normalized spacial score (nSPS) is 20.8. The highest BCUT2D eigenvalue weighted by Crippen LogP contribution is 2.29. The van der Waals surface area contributed by atoms with Crippen molar-refractivity contribution in [3.8, 4) is 17.7 Å². The highest BCUT2D eigenvalue weighted by molar-refractivity contribution is 5.97. The number of likely N-dealkylation sites (N-methyl/N-ethyl adjacent to an activating group) is 1. The van der Waals surface area contributed by atoms with E-state index in [2.05, 4.69) is 16.8 Å². The minimum atomic E-state index is -0.426. The molecule has 1 N–H and O–H groups in total. The van der Waals surface area contributed by atoms with Gasteiger partial charge in [0.15, 0.2) is 0 Å². The second-order valence-corrected chi connectivity index (χ2v) is 10.5. The van der Waals surface area contributed by atoms with Crippen LogP contribution in [0, 0.1) is 29.5 Å². The molecule has 2 aromatic rings. The van der Waals surface area contributed by atoms with E-state index in [9.17, 15) is 19.1 Å². The van der Waals surface area contributed by atoms with Crippen molar-refractivity contribution in [2.24, 2.45) is 11.8 Å². The van der Waals surface area contributed by atoms with E-state index in [1.54, 1.807) is 48.0 Å². The van der Waals surface area contributed by atoms with Gasteiger partial charge in [0.1, 0.15) is 17.5 Å². The maximum absolute atomic E-state index is 14.0. The van der Waals surface area contributed by atoms with Crippen molar-refractivity contribution in [1.82, 2.24) is 14.8 Å². The lowest BCUT2D eigenvalue weighted by Gasteiger charge is -2.38. The molecule has 38 heavy (non-hydrogen) atoms. The first-order valence-corrected chi connectivity index (χ1v) is 13.4. The summed E-state index contributed by atoms with van der Waals surface area (Å²) < 4.78 is 20.3. The Balaban J connectivity index is 1.63. The molecule has 1 aliphatic carbocycles. The van der Waals surface area contributed by atoms with E-state index in [-0.39, 0.29) is 47.3 Å². The molecule has 2 aliphatic rings. The molecule has 1 saturated carbocycles. The van der Waals surface area contributed by atoms with Crippen LogP contribution in [0.25, 0.3) is 0 Å². The number of fused-ring (bicyclic) bond motifs is 1. The first kappa shape index (κ1) is 27.6. The average Bonchev–Trinajstić information content (AvgIpc) is 2.94. The minimum Gasteiger partial charge on any atom is -0.472 e. The maximum atomic E-state index is 14.0. The number of carbonyl (C=O) groups excluding carboxylic acids is 2. The van der Waals surface area contributed by atoms with Crippen molar-refractivity contribution in [3.63, 3.8) is 0 Å². The zero-order chi connectivity index (χ0) is 27.2. The lowest BCUT2D eigenvalue weighted by atomic mass is 9.88. The molecule has 2 heterocycles. The number of pyridine rings is 1. The van der Waals surface area contributed by atoms with E-state index in [0.29, 0.717) is 18.7 Å². The number of aliphatic hydroxyl groups is 1. The lowest BCUT2D eigenvalue weighted by molar-refractivity contribution is -0.136. The van der Waals surface area contributed by atoms with Gasteiger partial charge in [0.05, 0.1) is 24.8 Å². The Kier molecular flexibility index (Phi) is 9.01. The van der Waals surface area contributed by atoms with Gasteiger partial charge in [-0.2, -0.15) is 0 Å². The van der Waals surface area contributed by atoms with Crippen LogP contribution in [-0.4, -0.2) is 70.6 Å². The molecule has 1 fully saturated rings. The predicted molar refractivity (Wildman–Crippen MR) is 142 cm³/mol. The quantitative estimate of drug-likeness (QED) is 0.604. The van der Waals surface area contributed by atoms with Crippen LogP contribution in [0.15, 0.2) is 36.5 Å². The van der Waals surface area contributed by atoms with Gasteiger partial charge in [0.25, 0.3) is 5.91 Å². The molecule has 0 saturated heterocycles. The second-order valence-electron chi connectivity index (χ2n) is 10.5. The monoisotopic (exact) mass is 521 g/mol. The summed E-state index contributed by atoms with van der Waals surface area (Å²) in [5.74, 6) is 5.16. The van der Waals surface area contributed by atoms with E-state index in [4.69, 9.17) is 4.74 Å². The van der Waals surface area contributed by atoms with Gasteiger partial charge in [0, 0.05) is 37.2 Å². The van der Waals surface area contributed by atoms with E-state index >= 15 is 0 Å². The number of amides is 2. The van der Waals surface area contributed by atoms with Gasteiger partial charge in [-0.3, -0.25) is 9.59 Å². The van der Waals surface area contributed by atoms with Crippen molar-refractivity contribution < 1.29 is 23.8 Å². The zero-order valence-electron chi connectivity index (χ0n) is 22.3. The summed E-state index contributed by atoms with van der Waals surface area (Å²) in [7, 11) is 1.81. The van der Waals surface area contributed by atoms with Gasteiger partial charge in [-0.15, -0.1) is 0 Å². The Morgan fingerprint density at radius 2 is 2.00 bits per heavy atom. The lowest BCUT2D eigenvalue weighted by Crippen LogP contribution is -2.51. The molecule has 1 aromatic carbocycles. The molecule has 3 atom stereocenters. The van der Waals surface area contributed by atoms with Gasteiger partial charge >= 0.3 is 0 Å². The molecule has 2 amide bonds. The number of carbonyl (C=O) groups is 2. The third-order valence-corrected chi connectivity index (χ3v) is 7.52. The number of benzene rings is 1. The van der Waals surface area contributed by atoms with Gasteiger partial charge in [-0.25, -0.2) is 9.37 Å². The predicted octanol–water partition coefficient (Wildman–Crippen LogP) is 3.88. The second kappa shape index (κ2) is 12.4. The highest BCUT2D eigenvalue weighted by atomic mass is 19.1. The zero-order valence-corrected chi connectivity index (χ0v) is 22.3. The Morgan fingerprint density at radius 1 is 1.26 bits per heavy atom. The van der Waals surface area contributed by atoms with Crippen LogP contribution < -0.4 is 4.74 Å². The van der Waals surface area contributed by atoms with E-state index in [1.807, 2.05) is 6.92 Å². The van der Waals surface area contributed by atoms with Crippen LogP contribution in [-0.2, 0) is 4.79 Å². The highest BCUT2D eigenvalue weighted by Gasteiger charge is 2.35. The fourth-order valence-electron chi connectivity index (χ4n) is 5.11. The van der Waals surface area contributed by atoms with Crippen LogP contribution in [0.3, 0.4) is 0 Å². The average molecular weight is 522 g/mol. The minimum absolute atomic E-state index is 0.0473. The molecule has 0 bridgehead atoms. The molecule has 0 spiro atoms. The number of ether oxygens (including phenoxy) is 1. The Labute approximate surface area is 224 Å². The number of halogens is 1. The number of aromatic nitrogens is 1. The van der Waals surface area contributed by atoms with Gasteiger partial charge in [-0.05, 0) is 38.0 Å². The van der Waals surface area contributed by atoms with Gasteiger partial charge in [-0.1, -0.05) is 50.2 Å². The van der Waals surface area contributed by atoms with Crippen LogP contribution in [0.4, 0.5) is 4.39 Å². The van der Waals surface area contributed by atoms with Gasteiger partial charge in [0.2, 0.25) is 11.8 Å². The van der Waals surface area contributed by atoms with Crippen LogP contribution in [0.5, 0.6) is 5.88 Å². The van der Waals surface area contributed by atoms with Crippen molar-refractivity contribution >= 4 is 11.8 Å². The summed E-state index contributed by atoms with van der Waals surface area (Å²) in [6, 6.07) is 7.39. The Bertz CT molecular complexity index is 1220. The molecular weight excluding hydrogens is 485 g/mol. The molecule has 8 heteroatoms. The molecule has 0 radical (unpaired) electrons. The molecule has 202 valence electrons. The van der Waals surface area contributed by atoms with Crippen LogP contribution in [0.2, 0.25) is 0 Å². The summed E-state index contributed by atoms with van der Waals surface area (Å²) in [6.45, 7) is 4.28. The number of nitrogens with zero attached hydrogens (tertiary/aromatic N) is 3. The molecule has 7 nitrogen and oxygen atoms in total. The number of aliphatic hydroxyl groups excluding tert-OH is 1. The summed E-state index contributed by atoms with van der Waals surface area (Å²) >= 11 is 0. The smallest absolute Gasteiger partial charge is 0.259 e. The summed E-state index contributed by atoms with van der Waals surface area (Å²) in [6.07, 6.45) is 6.27. The summed E-state index contributed by atoms with van der Waals surface area (Å²) in [5.41, 5.74) is 0.913. The van der Waals surface area contributed by atoms with Crippen molar-refractivity contribution in [2.45, 2.75) is 58.1 Å². The van der Waals surface area contributed by atoms with Crippen molar-refractivity contribution in [1.29, 1.82) is 0 Å². The molecule has 1 aliphatic heterocycles. The number of rotatable bonds is 5. The fraction of sp³-hybridized carbons (Fsp3) is 0.500. The standard InChI is InChI=1S/C30H36FN3O4/c1-20-17-34(21(2)19-35)30(37)25-15-22(13-14-23-9-7-8-12-26(23)31)16-32-28(25)38-27(20)18-33(3)29(36)24-10-5-4-6-11-24/h7-9,12,15-16,20-21,24,27,35H,4-6,10-11,17-19H2,1-3H3/t20-,21-,27+/m0/s1. The molecule has 0 unspecified atom stereocenters. The fourth-order valence-corrected chi connectivity index (χ4v) is 5.11. The van der Waals surface area contributed by atoms with Crippen LogP contribution >= 0.6 is 0 Å². The topological polar surface area (TPSA) is 83.0 Å². The van der Waals surface area contributed by atoms with Gasteiger partial charge < -0.3 is 19.6 Å². The third kappa shape index (κ3) is 6.33. The van der Waals surface area contributed by atoms with Crippen molar-refractivity contribution in [2.75, 3.05) is 26.7 Å². The first-order chi connectivity index (χ1) is 18.3. The first-order valence-electron chi connectivity index (χ1n) is 13.4. The maximum Gasteiger partial charge on any atom is 0.259 e. The number of hydrogen-bond acceptors (Lipinski definition) is 5. The molecule has 4 rings (SSSR count). The number of hydrogen-bond donors (Lipinski definition) is 1. The van der Waals surface area contributed by atoms with E-state index in [1.165, 1.54) is 18.7 Å². The Hall–Kier alpha value is -3.44. The summed E-state index contributed by atoms with van der Waals surface area (Å²) in [5, 5.41) is 9.87.